The molecule has 4 nitrogen and oxygen atoms in total. The molecule has 0 aromatic carbocycles. The molecule has 0 unspecified atom stereocenters. The number of anilines is 1. The number of hydrogen-bond acceptors (Lipinski definition) is 4. The van der Waals surface area contributed by atoms with Crippen LogP contribution >= 0.6 is 0 Å². The monoisotopic (exact) mass is 251 g/mol. The van der Waals surface area contributed by atoms with Gasteiger partial charge in [0, 0.05) is 18.5 Å². The highest BCUT2D eigenvalue weighted by Gasteiger charge is 2.09. The second-order valence-corrected chi connectivity index (χ2v) is 5.23. The average Bonchev–Trinajstić information content (AvgIpc) is 2.33. The molecule has 0 amide bonds. The van der Waals surface area contributed by atoms with Crippen LogP contribution in [-0.4, -0.2) is 23.1 Å². The van der Waals surface area contributed by atoms with E-state index in [9.17, 15) is 0 Å². The maximum atomic E-state index is 5.60. The van der Waals surface area contributed by atoms with E-state index in [1.54, 1.807) is 0 Å². The van der Waals surface area contributed by atoms with Crippen molar-refractivity contribution in [1.82, 2.24) is 9.97 Å². The van der Waals surface area contributed by atoms with Gasteiger partial charge in [-0.25, -0.2) is 4.98 Å². The fourth-order valence-electron chi connectivity index (χ4n) is 1.38. The summed E-state index contributed by atoms with van der Waals surface area (Å²) in [6.45, 7) is 12.2. The Morgan fingerprint density at radius 2 is 1.94 bits per heavy atom. The molecular weight excluding hydrogens is 226 g/mol. The van der Waals surface area contributed by atoms with Crippen LogP contribution in [0.4, 0.5) is 5.82 Å². The molecule has 0 aliphatic heterocycles. The summed E-state index contributed by atoms with van der Waals surface area (Å²) in [6.07, 6.45) is 0.982. The first-order chi connectivity index (χ1) is 8.52. The largest absolute Gasteiger partial charge is 0.478 e. The van der Waals surface area contributed by atoms with Gasteiger partial charge < -0.3 is 10.1 Å². The van der Waals surface area contributed by atoms with Crippen molar-refractivity contribution in [1.29, 1.82) is 0 Å². The molecule has 0 spiro atoms. The Morgan fingerprint density at radius 1 is 1.22 bits per heavy atom. The number of ether oxygens (including phenoxy) is 1. The standard InChI is InChI=1S/C14H25N3O/c1-6-7-18-13-8-12(15-9-10(2)3)16-14(17-13)11(4)5/h8,10-11H,6-7,9H2,1-5H3,(H,15,16,17). The number of rotatable bonds is 7. The van der Waals surface area contributed by atoms with E-state index < -0.39 is 0 Å². The van der Waals surface area contributed by atoms with Crippen LogP contribution in [0.25, 0.3) is 0 Å². The maximum Gasteiger partial charge on any atom is 0.218 e. The lowest BCUT2D eigenvalue weighted by atomic mass is 10.2. The Labute approximate surface area is 110 Å². The summed E-state index contributed by atoms with van der Waals surface area (Å²) in [5.41, 5.74) is 0. The van der Waals surface area contributed by atoms with Crippen LogP contribution in [0.5, 0.6) is 5.88 Å². The van der Waals surface area contributed by atoms with Gasteiger partial charge in [0.1, 0.15) is 11.6 Å². The number of nitrogens with zero attached hydrogens (tertiary/aromatic N) is 2. The van der Waals surface area contributed by atoms with Crippen LogP contribution in [0.2, 0.25) is 0 Å². The minimum Gasteiger partial charge on any atom is -0.478 e. The van der Waals surface area contributed by atoms with Crippen LogP contribution in [0.15, 0.2) is 6.07 Å². The smallest absolute Gasteiger partial charge is 0.218 e. The molecule has 18 heavy (non-hydrogen) atoms. The lowest BCUT2D eigenvalue weighted by Crippen LogP contribution is -2.12. The lowest BCUT2D eigenvalue weighted by Gasteiger charge is -2.13. The van der Waals surface area contributed by atoms with Crippen molar-refractivity contribution < 1.29 is 4.74 Å². The summed E-state index contributed by atoms with van der Waals surface area (Å²) < 4.78 is 5.60. The molecule has 1 aromatic heterocycles. The molecule has 0 aliphatic carbocycles. The molecule has 102 valence electrons. The molecule has 0 bridgehead atoms. The summed E-state index contributed by atoms with van der Waals surface area (Å²) in [6, 6.07) is 1.88. The normalized spacial score (nSPS) is 11.1. The van der Waals surface area contributed by atoms with E-state index >= 15 is 0 Å². The van der Waals surface area contributed by atoms with E-state index in [0.29, 0.717) is 24.3 Å². The zero-order valence-electron chi connectivity index (χ0n) is 12.2. The highest BCUT2D eigenvalue weighted by molar-refractivity contribution is 5.38. The van der Waals surface area contributed by atoms with Crippen LogP contribution in [0, 0.1) is 5.92 Å². The zero-order chi connectivity index (χ0) is 13.5. The third-order valence-electron chi connectivity index (χ3n) is 2.38. The van der Waals surface area contributed by atoms with Crippen molar-refractivity contribution in [2.24, 2.45) is 5.92 Å². The Hall–Kier alpha value is -1.32. The predicted octanol–water partition coefficient (Wildman–Crippen LogP) is 3.46. The third kappa shape index (κ3) is 4.90. The van der Waals surface area contributed by atoms with Crippen LogP contribution in [0.3, 0.4) is 0 Å². The molecule has 1 rings (SSSR count). The summed E-state index contributed by atoms with van der Waals surface area (Å²) in [5, 5.41) is 3.33. The summed E-state index contributed by atoms with van der Waals surface area (Å²) in [5.74, 6) is 3.24. The van der Waals surface area contributed by atoms with E-state index in [1.807, 2.05) is 6.07 Å². The zero-order valence-corrected chi connectivity index (χ0v) is 12.2. The van der Waals surface area contributed by atoms with E-state index in [1.165, 1.54) is 0 Å². The Bertz CT molecular complexity index is 364. The van der Waals surface area contributed by atoms with Crippen LogP contribution < -0.4 is 10.1 Å². The van der Waals surface area contributed by atoms with Crippen molar-refractivity contribution in [3.05, 3.63) is 11.9 Å². The Kier molecular flexibility index (Phi) is 5.89. The molecule has 1 N–H and O–H groups in total. The van der Waals surface area contributed by atoms with Gasteiger partial charge in [0.05, 0.1) is 6.61 Å². The summed E-state index contributed by atoms with van der Waals surface area (Å²) >= 11 is 0. The van der Waals surface area contributed by atoms with Gasteiger partial charge in [0.25, 0.3) is 0 Å². The third-order valence-corrected chi connectivity index (χ3v) is 2.38. The quantitative estimate of drug-likeness (QED) is 0.806. The fourth-order valence-corrected chi connectivity index (χ4v) is 1.38. The molecule has 4 heteroatoms. The highest BCUT2D eigenvalue weighted by Crippen LogP contribution is 2.18. The maximum absolute atomic E-state index is 5.60. The summed E-state index contributed by atoms with van der Waals surface area (Å²) in [4.78, 5) is 8.93. The van der Waals surface area contributed by atoms with Crippen molar-refractivity contribution >= 4 is 5.82 Å². The van der Waals surface area contributed by atoms with Gasteiger partial charge in [-0.2, -0.15) is 4.98 Å². The minimum atomic E-state index is 0.301. The number of nitrogens with one attached hydrogen (secondary N) is 1. The van der Waals surface area contributed by atoms with Gasteiger partial charge in [-0.05, 0) is 12.3 Å². The Morgan fingerprint density at radius 3 is 2.50 bits per heavy atom. The topological polar surface area (TPSA) is 47.0 Å². The van der Waals surface area contributed by atoms with Gasteiger partial charge in [0.2, 0.25) is 5.88 Å². The van der Waals surface area contributed by atoms with Crippen LogP contribution in [-0.2, 0) is 0 Å². The van der Waals surface area contributed by atoms with Gasteiger partial charge in [0.15, 0.2) is 0 Å². The second kappa shape index (κ2) is 7.19. The highest BCUT2D eigenvalue weighted by atomic mass is 16.5. The summed E-state index contributed by atoms with van der Waals surface area (Å²) in [7, 11) is 0. The number of hydrogen-bond donors (Lipinski definition) is 1. The fraction of sp³-hybridized carbons (Fsp3) is 0.714. The first kappa shape index (κ1) is 14.7. The van der Waals surface area contributed by atoms with Gasteiger partial charge >= 0.3 is 0 Å². The predicted molar refractivity (Wildman–Crippen MR) is 75.2 cm³/mol. The van der Waals surface area contributed by atoms with E-state index in [0.717, 1.165) is 24.6 Å². The van der Waals surface area contributed by atoms with Crippen molar-refractivity contribution in [2.45, 2.75) is 47.0 Å². The van der Waals surface area contributed by atoms with Crippen LogP contribution in [0.1, 0.15) is 52.8 Å². The van der Waals surface area contributed by atoms with Gasteiger partial charge in [-0.3, -0.25) is 0 Å². The van der Waals surface area contributed by atoms with Gasteiger partial charge in [-0.1, -0.05) is 34.6 Å². The molecule has 1 heterocycles. The van der Waals surface area contributed by atoms with Gasteiger partial charge in [-0.15, -0.1) is 0 Å². The average molecular weight is 251 g/mol. The first-order valence-electron chi connectivity index (χ1n) is 6.78. The molecule has 1 aromatic rings. The molecule has 0 fully saturated rings. The Balaban J connectivity index is 2.83. The lowest BCUT2D eigenvalue weighted by molar-refractivity contribution is 0.303. The first-order valence-corrected chi connectivity index (χ1v) is 6.78. The van der Waals surface area contributed by atoms with Crippen molar-refractivity contribution in [3.63, 3.8) is 0 Å². The number of aromatic nitrogens is 2. The SMILES string of the molecule is CCCOc1cc(NCC(C)C)nc(C(C)C)n1. The molecule has 0 radical (unpaired) electrons. The van der Waals surface area contributed by atoms with E-state index in [4.69, 9.17) is 4.74 Å². The van der Waals surface area contributed by atoms with Crippen molar-refractivity contribution in [3.8, 4) is 5.88 Å². The second-order valence-electron chi connectivity index (χ2n) is 5.23. The molecular formula is C14H25N3O. The molecule has 0 saturated carbocycles. The van der Waals surface area contributed by atoms with E-state index in [2.05, 4.69) is 49.9 Å². The molecule has 0 saturated heterocycles. The van der Waals surface area contributed by atoms with E-state index in [-0.39, 0.29) is 0 Å². The molecule has 0 atom stereocenters. The van der Waals surface area contributed by atoms with Crippen molar-refractivity contribution in [2.75, 3.05) is 18.5 Å². The molecule has 0 aliphatic rings. The minimum absolute atomic E-state index is 0.301.